The molecule has 0 aliphatic heterocycles. The molecule has 0 heterocycles. The largest absolute Gasteiger partial charge is 0.415 e. The summed E-state index contributed by atoms with van der Waals surface area (Å²) < 4.78 is 5.43. The van der Waals surface area contributed by atoms with E-state index in [0.29, 0.717) is 16.7 Å². The topological polar surface area (TPSA) is 32.8 Å². The molecule has 27 heavy (non-hydrogen) atoms. The van der Waals surface area contributed by atoms with Crippen LogP contribution < -0.4 is 4.74 Å². The van der Waals surface area contributed by atoms with Crippen LogP contribution in [0.1, 0.15) is 45.4 Å². The van der Waals surface area contributed by atoms with E-state index in [0.717, 1.165) is 45.2 Å². The van der Waals surface area contributed by atoms with E-state index in [1.165, 1.54) is 6.42 Å². The quantitative estimate of drug-likeness (QED) is 0.636. The van der Waals surface area contributed by atoms with Gasteiger partial charge in [-0.25, -0.2) is 4.79 Å². The number of carbonyl (C=O) groups is 1. The Labute approximate surface area is 168 Å². The molecule has 148 valence electrons. The van der Waals surface area contributed by atoms with Gasteiger partial charge in [0.15, 0.2) is 0 Å². The molecule has 1 amide bonds. The lowest BCUT2D eigenvalue weighted by molar-refractivity contribution is 0.129. The van der Waals surface area contributed by atoms with Crippen molar-refractivity contribution in [3.63, 3.8) is 0 Å². The molecule has 0 bridgehead atoms. The van der Waals surface area contributed by atoms with Gasteiger partial charge in [0.1, 0.15) is 5.75 Å². The summed E-state index contributed by atoms with van der Waals surface area (Å²) in [4.78, 5) is 16.4. The highest BCUT2D eigenvalue weighted by Gasteiger charge is 2.26. The summed E-state index contributed by atoms with van der Waals surface area (Å²) in [5.41, 5.74) is 0. The van der Waals surface area contributed by atoms with Crippen molar-refractivity contribution in [2.75, 3.05) is 27.2 Å². The van der Waals surface area contributed by atoms with Crippen LogP contribution in [0.2, 0.25) is 5.02 Å². The first kappa shape index (κ1) is 21.6. The van der Waals surface area contributed by atoms with Gasteiger partial charge in [0.05, 0.1) is 0 Å². The van der Waals surface area contributed by atoms with Crippen LogP contribution in [0.25, 0.3) is 0 Å². The fraction of sp³-hybridized carbons (Fsp3) is 0.591. The molecule has 5 heteroatoms. The minimum absolute atomic E-state index is 0.221. The Kier molecular flexibility index (Phi) is 8.97. The molecule has 0 atom stereocenters. The van der Waals surface area contributed by atoms with Crippen molar-refractivity contribution in [3.8, 4) is 17.6 Å². The van der Waals surface area contributed by atoms with Crippen LogP contribution in [-0.4, -0.2) is 49.1 Å². The summed E-state index contributed by atoms with van der Waals surface area (Å²) >= 11 is 5.86. The lowest BCUT2D eigenvalue weighted by Gasteiger charge is -2.32. The lowest BCUT2D eigenvalue weighted by Crippen LogP contribution is -2.40. The van der Waals surface area contributed by atoms with Crippen molar-refractivity contribution in [3.05, 3.63) is 29.3 Å². The Morgan fingerprint density at radius 1 is 1.15 bits per heavy atom. The fourth-order valence-electron chi connectivity index (χ4n) is 3.39. The molecule has 1 fully saturated rings. The van der Waals surface area contributed by atoms with Gasteiger partial charge in [0.25, 0.3) is 0 Å². The molecule has 1 aliphatic carbocycles. The average Bonchev–Trinajstić information content (AvgIpc) is 2.67. The van der Waals surface area contributed by atoms with E-state index in [-0.39, 0.29) is 12.1 Å². The number of hydrogen-bond donors (Lipinski definition) is 0. The summed E-state index contributed by atoms with van der Waals surface area (Å²) in [6.07, 6.45) is 5.84. The maximum atomic E-state index is 12.3. The van der Waals surface area contributed by atoms with Gasteiger partial charge in [-0.15, -0.1) is 5.92 Å². The fourth-order valence-corrected chi connectivity index (χ4v) is 3.51. The molecule has 0 aromatic heterocycles. The van der Waals surface area contributed by atoms with E-state index in [9.17, 15) is 4.79 Å². The average molecular weight is 391 g/mol. The third kappa shape index (κ3) is 7.44. The number of nitrogens with zero attached hydrogens (tertiary/aromatic N) is 2. The van der Waals surface area contributed by atoms with E-state index in [4.69, 9.17) is 16.3 Å². The van der Waals surface area contributed by atoms with Crippen LogP contribution in [0, 0.1) is 17.8 Å². The van der Waals surface area contributed by atoms with Crippen LogP contribution >= 0.6 is 11.6 Å². The number of hydrogen-bond acceptors (Lipinski definition) is 3. The molecule has 0 N–H and O–H groups in total. The maximum Gasteiger partial charge on any atom is 0.415 e. The molecule has 1 aromatic carbocycles. The van der Waals surface area contributed by atoms with Gasteiger partial charge >= 0.3 is 6.09 Å². The zero-order valence-corrected chi connectivity index (χ0v) is 17.5. The molecule has 1 saturated carbocycles. The first-order valence-electron chi connectivity index (χ1n) is 9.86. The monoisotopic (exact) mass is 390 g/mol. The maximum absolute atomic E-state index is 12.3. The SMILES string of the molecule is CCCN(C)CCC#C[C@H]1CC[C@H](N(C)C(=O)Oc2ccc(Cl)cc2)CC1. The summed E-state index contributed by atoms with van der Waals surface area (Å²) in [7, 11) is 3.97. The van der Waals surface area contributed by atoms with Crippen LogP contribution in [0.3, 0.4) is 0 Å². The van der Waals surface area contributed by atoms with Crippen LogP contribution in [0.4, 0.5) is 4.79 Å². The third-order valence-electron chi connectivity index (χ3n) is 5.08. The summed E-state index contributed by atoms with van der Waals surface area (Å²) in [5, 5.41) is 0.625. The minimum Gasteiger partial charge on any atom is -0.410 e. The molecular formula is C22H31ClN2O2. The van der Waals surface area contributed by atoms with Crippen LogP contribution in [0.15, 0.2) is 24.3 Å². The minimum atomic E-state index is -0.314. The van der Waals surface area contributed by atoms with E-state index in [1.807, 2.05) is 7.05 Å². The Balaban J connectivity index is 1.72. The molecule has 1 aromatic rings. The Morgan fingerprint density at radius 3 is 2.44 bits per heavy atom. The highest BCUT2D eigenvalue weighted by atomic mass is 35.5. The van der Waals surface area contributed by atoms with Crippen molar-refractivity contribution >= 4 is 17.7 Å². The van der Waals surface area contributed by atoms with Gasteiger partial charge in [-0.3, -0.25) is 0 Å². The number of ether oxygens (including phenoxy) is 1. The predicted octanol–water partition coefficient (Wildman–Crippen LogP) is 5.06. The van der Waals surface area contributed by atoms with Gasteiger partial charge in [0, 0.05) is 37.0 Å². The first-order valence-corrected chi connectivity index (χ1v) is 10.2. The molecule has 1 aliphatic rings. The van der Waals surface area contributed by atoms with Crippen molar-refractivity contribution in [2.24, 2.45) is 5.92 Å². The lowest BCUT2D eigenvalue weighted by atomic mass is 9.86. The van der Waals surface area contributed by atoms with Crippen molar-refractivity contribution in [1.29, 1.82) is 0 Å². The van der Waals surface area contributed by atoms with Crippen LogP contribution in [-0.2, 0) is 0 Å². The Bertz CT molecular complexity index is 643. The normalized spacial score (nSPS) is 19.3. The highest BCUT2D eigenvalue weighted by molar-refractivity contribution is 6.30. The van der Waals surface area contributed by atoms with Crippen LogP contribution in [0.5, 0.6) is 5.75 Å². The van der Waals surface area contributed by atoms with E-state index >= 15 is 0 Å². The summed E-state index contributed by atoms with van der Waals surface area (Å²) in [6.45, 7) is 4.36. The number of rotatable bonds is 6. The van der Waals surface area contributed by atoms with Gasteiger partial charge < -0.3 is 14.5 Å². The zero-order chi connectivity index (χ0) is 19.6. The molecule has 0 saturated heterocycles. The van der Waals surface area contributed by atoms with Gasteiger partial charge in [0.2, 0.25) is 0 Å². The van der Waals surface area contributed by atoms with Crippen molar-refractivity contribution < 1.29 is 9.53 Å². The van der Waals surface area contributed by atoms with E-state index in [2.05, 4.69) is 30.7 Å². The molecule has 2 rings (SSSR count). The smallest absolute Gasteiger partial charge is 0.410 e. The number of benzene rings is 1. The molecule has 0 unspecified atom stereocenters. The molecule has 4 nitrogen and oxygen atoms in total. The molecular weight excluding hydrogens is 360 g/mol. The van der Waals surface area contributed by atoms with Crippen molar-refractivity contribution in [2.45, 2.75) is 51.5 Å². The van der Waals surface area contributed by atoms with E-state index < -0.39 is 0 Å². The number of carbonyl (C=O) groups excluding carboxylic acids is 1. The second kappa shape index (κ2) is 11.2. The molecule has 0 radical (unpaired) electrons. The second-order valence-corrected chi connectivity index (χ2v) is 7.75. The van der Waals surface area contributed by atoms with Gasteiger partial charge in [-0.05, 0) is 70.0 Å². The van der Waals surface area contributed by atoms with E-state index in [1.54, 1.807) is 29.2 Å². The third-order valence-corrected chi connectivity index (χ3v) is 5.33. The standard InChI is InChI=1S/C22H31ClN2O2/c1-4-16-24(2)17-6-5-7-18-8-12-20(13-9-18)25(3)22(26)27-21-14-10-19(23)11-15-21/h10-11,14-15,18,20H,4,6,8-9,12-13,16-17H2,1-3H3/t18-,20-. The Morgan fingerprint density at radius 2 is 1.81 bits per heavy atom. The summed E-state index contributed by atoms with van der Waals surface area (Å²) in [6, 6.07) is 7.07. The Hall–Kier alpha value is -1.70. The highest BCUT2D eigenvalue weighted by Crippen LogP contribution is 2.27. The van der Waals surface area contributed by atoms with Gasteiger partial charge in [-0.1, -0.05) is 24.4 Å². The zero-order valence-electron chi connectivity index (χ0n) is 16.7. The number of halogens is 1. The van der Waals surface area contributed by atoms with Gasteiger partial charge in [-0.2, -0.15) is 0 Å². The predicted molar refractivity (Wildman–Crippen MR) is 111 cm³/mol. The summed E-state index contributed by atoms with van der Waals surface area (Å²) in [5.74, 6) is 7.74. The molecule has 0 spiro atoms. The number of amides is 1. The first-order chi connectivity index (χ1) is 13.0. The second-order valence-electron chi connectivity index (χ2n) is 7.31. The van der Waals surface area contributed by atoms with Crippen molar-refractivity contribution in [1.82, 2.24) is 9.80 Å².